The van der Waals surface area contributed by atoms with Crippen LogP contribution in [0.25, 0.3) is 0 Å². The molecule has 0 radical (unpaired) electrons. The smallest absolute Gasteiger partial charge is 0.407 e. The molecule has 0 unspecified atom stereocenters. The van der Waals surface area contributed by atoms with E-state index in [1.165, 1.54) is 16.7 Å². The number of nitrogens with zero attached hydrogens (tertiary/aromatic N) is 4. The van der Waals surface area contributed by atoms with Crippen molar-refractivity contribution in [1.29, 1.82) is 0 Å². The molecular formula is C42H35F2IN6O6S2. The summed E-state index contributed by atoms with van der Waals surface area (Å²) in [4.78, 5) is 51.4. The van der Waals surface area contributed by atoms with E-state index in [4.69, 9.17) is 9.47 Å². The van der Waals surface area contributed by atoms with Gasteiger partial charge in [0.2, 0.25) is 16.7 Å². The number of fused-ring (bicyclic) bond motifs is 1. The highest BCUT2D eigenvalue weighted by atomic mass is 127. The van der Waals surface area contributed by atoms with Crippen LogP contribution in [-0.4, -0.2) is 73.1 Å². The molecule has 4 aromatic carbocycles. The molecular weight excluding hydrogens is 914 g/mol. The van der Waals surface area contributed by atoms with Gasteiger partial charge in [0.15, 0.2) is 0 Å². The summed E-state index contributed by atoms with van der Waals surface area (Å²) in [5.74, 6) is -1.69. The molecule has 3 heterocycles. The van der Waals surface area contributed by atoms with Gasteiger partial charge >= 0.3 is 12.6 Å². The lowest BCUT2D eigenvalue weighted by Crippen LogP contribution is -2.71. The molecule has 12 nitrogen and oxygen atoms in total. The number of thioether (sulfide) groups is 1. The SMILES string of the molecule is COc1ccc(COC(=O)C2=C(/C=C/CI)CS[C@H]3[C@H](NC(=O)/C(=N\OC(F)F)c4nsc(NC(c5ccccc5)(c5ccccc5)c5ccccc5)n4)C(=O)N23)cc1. The molecule has 2 aliphatic rings. The number of rotatable bonds is 16. The highest BCUT2D eigenvalue weighted by molar-refractivity contribution is 14.1. The molecule has 0 spiro atoms. The van der Waals surface area contributed by atoms with Gasteiger partial charge in [-0.3, -0.25) is 14.5 Å². The molecule has 59 heavy (non-hydrogen) atoms. The predicted molar refractivity (Wildman–Crippen MR) is 229 cm³/mol. The van der Waals surface area contributed by atoms with Gasteiger partial charge in [-0.05, 0) is 40.0 Å². The van der Waals surface area contributed by atoms with Crippen LogP contribution in [-0.2, 0) is 36.1 Å². The number of β-lactam (4-membered cyclic amide) rings is 1. The molecule has 1 saturated heterocycles. The molecule has 1 aromatic heterocycles. The number of nitrogens with one attached hydrogen (secondary N) is 2. The molecule has 0 bridgehead atoms. The molecule has 17 heteroatoms. The fourth-order valence-electron chi connectivity index (χ4n) is 6.68. The van der Waals surface area contributed by atoms with Gasteiger partial charge in [0.1, 0.15) is 35.0 Å². The lowest BCUT2D eigenvalue weighted by atomic mass is 9.77. The fraction of sp³-hybridized carbons (Fsp3) is 0.190. The number of benzene rings is 4. The van der Waals surface area contributed by atoms with Crippen molar-refractivity contribution < 1.29 is 37.5 Å². The van der Waals surface area contributed by atoms with E-state index < -0.39 is 47.1 Å². The van der Waals surface area contributed by atoms with E-state index in [9.17, 15) is 23.2 Å². The average Bonchev–Trinajstić information content (AvgIpc) is 3.74. The molecule has 2 aliphatic heterocycles. The Morgan fingerprint density at radius 1 is 0.966 bits per heavy atom. The maximum absolute atomic E-state index is 13.9. The van der Waals surface area contributed by atoms with Gasteiger partial charge in [0.05, 0.1) is 7.11 Å². The van der Waals surface area contributed by atoms with E-state index in [1.54, 1.807) is 37.5 Å². The average molecular weight is 949 g/mol. The first-order valence-electron chi connectivity index (χ1n) is 18.1. The summed E-state index contributed by atoms with van der Waals surface area (Å²) in [6.07, 6.45) is 3.63. The molecule has 2 N–H and O–H groups in total. The van der Waals surface area contributed by atoms with Crippen molar-refractivity contribution in [2.24, 2.45) is 5.16 Å². The molecule has 0 aliphatic carbocycles. The van der Waals surface area contributed by atoms with E-state index >= 15 is 0 Å². The third-order valence-corrected chi connectivity index (χ3v) is 11.8. The van der Waals surface area contributed by atoms with Crippen molar-refractivity contribution in [2.45, 2.75) is 30.2 Å². The summed E-state index contributed by atoms with van der Waals surface area (Å²) in [6, 6.07) is 34.9. The Morgan fingerprint density at radius 3 is 2.14 bits per heavy atom. The second-order valence-corrected chi connectivity index (χ2v) is 15.7. The van der Waals surface area contributed by atoms with Crippen LogP contribution in [0.1, 0.15) is 28.1 Å². The standard InChI is InChI=1S/C42H35F2IN6O6S2/c1-55-31-21-19-26(20-22-31)24-56-39(54)34-27(12-11-23-45)25-58-38-33(37(53)51(34)38)46-36(52)32(49-57-40(43)44)35-47-41(59-50-35)48-42(28-13-5-2-6-14-28,29-15-7-3-8-16-29)30-17-9-4-10-18-30/h2-22,33,38,40H,23-25H2,1H3,(H,46,52)(H,47,48,50)/b12-11+,49-32-/t33-,38+/m1/s1. The van der Waals surface area contributed by atoms with Crippen LogP contribution in [0.5, 0.6) is 5.75 Å². The maximum atomic E-state index is 13.9. The lowest BCUT2D eigenvalue weighted by molar-refractivity contribution is -0.153. The fourth-order valence-corrected chi connectivity index (χ4v) is 8.88. The summed E-state index contributed by atoms with van der Waals surface area (Å²) >= 11 is 4.37. The number of ether oxygens (including phenoxy) is 2. The maximum Gasteiger partial charge on any atom is 0.407 e. The number of anilines is 1. The number of carbonyl (C=O) groups is 3. The largest absolute Gasteiger partial charge is 0.497 e. The van der Waals surface area contributed by atoms with Crippen LogP contribution in [0.4, 0.5) is 13.9 Å². The van der Waals surface area contributed by atoms with E-state index in [1.807, 2.05) is 97.1 Å². The minimum atomic E-state index is -3.36. The molecule has 2 amide bonds. The number of oxime groups is 1. The normalized spacial score (nSPS) is 16.7. The number of esters is 1. The number of alkyl halides is 3. The van der Waals surface area contributed by atoms with E-state index in [0.717, 1.165) is 28.2 Å². The first-order chi connectivity index (χ1) is 28.7. The number of methoxy groups -OCH3 is 1. The van der Waals surface area contributed by atoms with Crippen molar-refractivity contribution in [1.82, 2.24) is 19.6 Å². The third kappa shape index (κ3) is 9.01. The van der Waals surface area contributed by atoms with Gasteiger partial charge in [-0.15, -0.1) is 11.8 Å². The molecule has 7 rings (SSSR count). The molecule has 2 atom stereocenters. The van der Waals surface area contributed by atoms with Gasteiger partial charge in [-0.2, -0.15) is 18.1 Å². The van der Waals surface area contributed by atoms with Gasteiger partial charge < -0.3 is 24.9 Å². The van der Waals surface area contributed by atoms with Crippen LogP contribution < -0.4 is 15.4 Å². The predicted octanol–water partition coefficient (Wildman–Crippen LogP) is 7.28. The second-order valence-electron chi connectivity index (χ2n) is 12.9. The van der Waals surface area contributed by atoms with E-state index in [0.29, 0.717) is 27.1 Å². The van der Waals surface area contributed by atoms with Gasteiger partial charge in [-0.1, -0.05) is 143 Å². The van der Waals surface area contributed by atoms with Crippen molar-refractivity contribution >= 4 is 74.5 Å². The Hall–Kier alpha value is -5.66. The van der Waals surface area contributed by atoms with Crippen molar-refractivity contribution in [2.75, 3.05) is 22.6 Å². The first-order valence-corrected chi connectivity index (χ1v) is 21.4. The Balaban J connectivity index is 1.14. The van der Waals surface area contributed by atoms with Crippen molar-refractivity contribution in [3.8, 4) is 5.75 Å². The minimum absolute atomic E-state index is 0.0553. The highest BCUT2D eigenvalue weighted by Gasteiger charge is 2.54. The first kappa shape index (κ1) is 41.5. The second kappa shape index (κ2) is 18.9. The quantitative estimate of drug-likeness (QED) is 0.0197. The molecule has 0 saturated carbocycles. The number of hydrogen-bond acceptors (Lipinski definition) is 12. The van der Waals surface area contributed by atoms with Crippen LogP contribution >= 0.6 is 45.9 Å². The zero-order chi connectivity index (χ0) is 41.4. The van der Waals surface area contributed by atoms with E-state index in [2.05, 4.69) is 52.6 Å². The number of hydrogen-bond donors (Lipinski definition) is 2. The minimum Gasteiger partial charge on any atom is -0.497 e. The monoisotopic (exact) mass is 948 g/mol. The Labute approximate surface area is 360 Å². The molecule has 5 aromatic rings. The van der Waals surface area contributed by atoms with Crippen molar-refractivity contribution in [3.63, 3.8) is 0 Å². The van der Waals surface area contributed by atoms with Crippen molar-refractivity contribution in [3.05, 3.63) is 167 Å². The number of amides is 2. The van der Waals surface area contributed by atoms with Crippen LogP contribution in [0, 0.1) is 0 Å². The summed E-state index contributed by atoms with van der Waals surface area (Å²) in [6.45, 7) is -3.42. The summed E-state index contributed by atoms with van der Waals surface area (Å²) < 4.78 is 42.6. The zero-order valence-corrected chi connectivity index (χ0v) is 35.0. The van der Waals surface area contributed by atoms with Crippen LogP contribution in [0.3, 0.4) is 0 Å². The number of carbonyl (C=O) groups excluding carboxylic acids is 3. The Bertz CT molecular complexity index is 2270. The summed E-state index contributed by atoms with van der Waals surface area (Å²) in [5.41, 5.74) is 2.27. The Kier molecular flexibility index (Phi) is 13.3. The number of allylic oxidation sites excluding steroid dienone is 2. The topological polar surface area (TPSA) is 144 Å². The van der Waals surface area contributed by atoms with Gasteiger partial charge in [-0.25, -0.2) is 4.79 Å². The third-order valence-electron chi connectivity index (χ3n) is 9.41. The van der Waals surface area contributed by atoms with Gasteiger partial charge in [0, 0.05) is 21.7 Å². The van der Waals surface area contributed by atoms with Gasteiger partial charge in [0.25, 0.3) is 11.8 Å². The summed E-state index contributed by atoms with van der Waals surface area (Å²) in [7, 11) is 1.55. The number of halogens is 3. The number of aromatic nitrogens is 2. The van der Waals surface area contributed by atoms with Crippen LogP contribution in [0.2, 0.25) is 0 Å². The van der Waals surface area contributed by atoms with Crippen LogP contribution in [0.15, 0.2) is 144 Å². The highest BCUT2D eigenvalue weighted by Crippen LogP contribution is 2.42. The summed E-state index contributed by atoms with van der Waals surface area (Å²) in [5, 5.41) is 9.10. The lowest BCUT2D eigenvalue weighted by Gasteiger charge is -2.49. The zero-order valence-electron chi connectivity index (χ0n) is 31.2. The van der Waals surface area contributed by atoms with E-state index in [-0.39, 0.29) is 23.3 Å². The Morgan fingerprint density at radius 2 is 1.58 bits per heavy atom. The molecule has 302 valence electrons. The molecule has 1 fully saturated rings.